The summed E-state index contributed by atoms with van der Waals surface area (Å²) in [5, 5.41) is 10.5. The number of ether oxygens (including phenoxy) is 1. The van der Waals surface area contributed by atoms with Crippen LogP contribution in [0.2, 0.25) is 0 Å². The minimum atomic E-state index is -0.904. The maximum atomic E-state index is 13.0. The zero-order valence-electron chi connectivity index (χ0n) is 20.3. The molecule has 6 N–H and O–H groups in total. The average Bonchev–Trinajstić information content (AvgIpc) is 2.68. The highest BCUT2D eigenvalue weighted by Crippen LogP contribution is 2.12. The molecule has 0 saturated heterocycles. The minimum absolute atomic E-state index is 0.251. The smallest absolute Gasteiger partial charge is 0.408 e. The number of nitrogens with one attached hydrogen (secondary N) is 4. The molecule has 0 unspecified atom stereocenters. The third-order valence-corrected chi connectivity index (χ3v) is 4.54. The molecular weight excluding hydrogens is 426 g/mol. The van der Waals surface area contributed by atoms with E-state index >= 15 is 0 Å². The molecule has 0 fully saturated rings. The van der Waals surface area contributed by atoms with E-state index in [2.05, 4.69) is 21.3 Å². The van der Waals surface area contributed by atoms with Crippen molar-refractivity contribution in [3.8, 4) is 0 Å². The van der Waals surface area contributed by atoms with Gasteiger partial charge in [-0.2, -0.15) is 0 Å². The first kappa shape index (κ1) is 27.7. The monoisotopic (exact) mass is 463 g/mol. The molecule has 0 aliphatic carbocycles. The van der Waals surface area contributed by atoms with Crippen LogP contribution in [0, 0.1) is 12.8 Å². The highest BCUT2D eigenvalue weighted by molar-refractivity contribution is 5.98. The number of benzene rings is 1. The Kier molecular flexibility index (Phi) is 10.6. The van der Waals surface area contributed by atoms with E-state index in [1.165, 1.54) is 0 Å². The molecular formula is C23H37N5O5. The Morgan fingerprint density at radius 1 is 1.00 bits per heavy atom. The summed E-state index contributed by atoms with van der Waals surface area (Å²) in [5.41, 5.74) is 5.99. The van der Waals surface area contributed by atoms with Crippen molar-refractivity contribution >= 4 is 29.6 Å². The first-order valence-electron chi connectivity index (χ1n) is 11.0. The number of hydrogen-bond donors (Lipinski definition) is 5. The van der Waals surface area contributed by atoms with Gasteiger partial charge in [-0.3, -0.25) is 9.59 Å². The number of carbonyl (C=O) groups is 4. The summed E-state index contributed by atoms with van der Waals surface area (Å²) >= 11 is 0. The van der Waals surface area contributed by atoms with Gasteiger partial charge in [-0.25, -0.2) is 9.59 Å². The molecule has 0 bridgehead atoms. The average molecular weight is 464 g/mol. The van der Waals surface area contributed by atoms with E-state index in [1.54, 1.807) is 46.8 Å². The summed E-state index contributed by atoms with van der Waals surface area (Å²) < 4.78 is 5.25. The van der Waals surface area contributed by atoms with E-state index in [0.29, 0.717) is 12.1 Å². The topological polar surface area (TPSA) is 152 Å². The first-order valence-corrected chi connectivity index (χ1v) is 11.0. The highest BCUT2D eigenvalue weighted by atomic mass is 16.6. The van der Waals surface area contributed by atoms with Crippen LogP contribution in [0.25, 0.3) is 0 Å². The van der Waals surface area contributed by atoms with Gasteiger partial charge in [-0.15, -0.1) is 0 Å². The Morgan fingerprint density at radius 3 is 2.12 bits per heavy atom. The molecule has 0 heterocycles. The summed E-state index contributed by atoms with van der Waals surface area (Å²) in [6.45, 7) is 10.9. The van der Waals surface area contributed by atoms with Crippen LogP contribution in [0.15, 0.2) is 24.3 Å². The molecule has 5 amide bonds. The number of alkyl carbamates (subject to hydrolysis) is 1. The lowest BCUT2D eigenvalue weighted by molar-refractivity contribution is -0.128. The number of amides is 5. The van der Waals surface area contributed by atoms with Crippen LogP contribution >= 0.6 is 0 Å². The van der Waals surface area contributed by atoms with Gasteiger partial charge in [-0.05, 0) is 58.6 Å². The van der Waals surface area contributed by atoms with Crippen LogP contribution in [0.3, 0.4) is 0 Å². The van der Waals surface area contributed by atoms with Gasteiger partial charge in [0.1, 0.15) is 17.7 Å². The second-order valence-electron chi connectivity index (χ2n) is 9.22. The van der Waals surface area contributed by atoms with Gasteiger partial charge in [-0.1, -0.05) is 31.5 Å². The van der Waals surface area contributed by atoms with Crippen LogP contribution in [0.5, 0.6) is 0 Å². The number of aryl methyl sites for hydroxylation is 1. The van der Waals surface area contributed by atoms with Crippen LogP contribution in [0.4, 0.5) is 15.3 Å². The fraction of sp³-hybridized carbons (Fsp3) is 0.565. The SMILES string of the molecule is Cc1ccc(NC(=O)[C@H](CCCNC(N)=O)NC(=O)[C@@H](NC(=O)OC(C)(C)C)C(C)C)cc1. The Bertz CT molecular complexity index is 818. The molecule has 2 atom stereocenters. The van der Waals surface area contributed by atoms with Gasteiger partial charge in [0.05, 0.1) is 0 Å². The van der Waals surface area contributed by atoms with Crippen LogP contribution in [-0.2, 0) is 14.3 Å². The van der Waals surface area contributed by atoms with Crippen LogP contribution in [0.1, 0.15) is 53.0 Å². The number of primary amides is 1. The molecule has 0 aromatic heterocycles. The second kappa shape index (κ2) is 12.7. The lowest BCUT2D eigenvalue weighted by Gasteiger charge is -2.27. The molecule has 0 saturated carbocycles. The van der Waals surface area contributed by atoms with Crippen molar-refractivity contribution in [2.24, 2.45) is 11.7 Å². The number of anilines is 1. The molecule has 0 radical (unpaired) electrons. The number of carbonyl (C=O) groups excluding carboxylic acids is 4. The number of urea groups is 1. The van der Waals surface area contributed by atoms with E-state index in [0.717, 1.165) is 5.56 Å². The zero-order chi connectivity index (χ0) is 25.2. The molecule has 0 aliphatic heterocycles. The highest BCUT2D eigenvalue weighted by Gasteiger charge is 2.30. The summed E-state index contributed by atoms with van der Waals surface area (Å²) in [6, 6.07) is 4.79. The Labute approximate surface area is 195 Å². The summed E-state index contributed by atoms with van der Waals surface area (Å²) in [5.74, 6) is -1.18. The first-order chi connectivity index (χ1) is 15.3. The molecule has 1 aromatic carbocycles. The summed E-state index contributed by atoms with van der Waals surface area (Å²) in [6.07, 6.45) is -0.0650. The predicted octanol–water partition coefficient (Wildman–Crippen LogP) is 2.42. The fourth-order valence-electron chi connectivity index (χ4n) is 2.88. The van der Waals surface area contributed by atoms with Gasteiger partial charge in [0, 0.05) is 12.2 Å². The van der Waals surface area contributed by atoms with Gasteiger partial charge < -0.3 is 31.7 Å². The van der Waals surface area contributed by atoms with Gasteiger partial charge in [0.2, 0.25) is 11.8 Å². The molecule has 184 valence electrons. The van der Waals surface area contributed by atoms with E-state index in [9.17, 15) is 19.2 Å². The van der Waals surface area contributed by atoms with Crippen molar-refractivity contribution in [2.75, 3.05) is 11.9 Å². The van der Waals surface area contributed by atoms with Crippen molar-refractivity contribution < 1.29 is 23.9 Å². The molecule has 1 rings (SSSR count). The van der Waals surface area contributed by atoms with E-state index in [4.69, 9.17) is 10.5 Å². The zero-order valence-corrected chi connectivity index (χ0v) is 20.3. The van der Waals surface area contributed by atoms with E-state index in [1.807, 2.05) is 19.1 Å². The molecule has 1 aromatic rings. The van der Waals surface area contributed by atoms with Crippen molar-refractivity contribution in [1.29, 1.82) is 0 Å². The minimum Gasteiger partial charge on any atom is -0.444 e. The molecule has 33 heavy (non-hydrogen) atoms. The van der Waals surface area contributed by atoms with Gasteiger partial charge in [0.15, 0.2) is 0 Å². The van der Waals surface area contributed by atoms with Gasteiger partial charge in [0.25, 0.3) is 0 Å². The maximum absolute atomic E-state index is 13.0. The van der Waals surface area contributed by atoms with E-state index < -0.39 is 41.6 Å². The standard InChI is InChI=1S/C23H37N5O5/c1-14(2)18(28-22(32)33-23(4,5)6)20(30)27-17(8-7-13-25-21(24)31)19(29)26-16-11-9-15(3)10-12-16/h9-12,14,17-18H,7-8,13H2,1-6H3,(H,26,29)(H,27,30)(H,28,32)(H3,24,25,31)/t17-,18-/m0/s1. The Hall–Kier alpha value is -3.30. The Morgan fingerprint density at radius 2 is 1.61 bits per heavy atom. The molecule has 10 heteroatoms. The van der Waals surface area contributed by atoms with Gasteiger partial charge >= 0.3 is 12.1 Å². The third-order valence-electron chi connectivity index (χ3n) is 4.54. The maximum Gasteiger partial charge on any atom is 0.408 e. The summed E-state index contributed by atoms with van der Waals surface area (Å²) in [4.78, 5) is 49.0. The number of rotatable bonds is 10. The normalized spacial score (nSPS) is 12.9. The van der Waals surface area contributed by atoms with Crippen molar-refractivity contribution in [3.05, 3.63) is 29.8 Å². The van der Waals surface area contributed by atoms with E-state index in [-0.39, 0.29) is 18.9 Å². The second-order valence-corrected chi connectivity index (χ2v) is 9.22. The van der Waals surface area contributed by atoms with Crippen molar-refractivity contribution in [3.63, 3.8) is 0 Å². The fourth-order valence-corrected chi connectivity index (χ4v) is 2.88. The number of nitrogens with two attached hydrogens (primary N) is 1. The molecule has 0 spiro atoms. The van der Waals surface area contributed by atoms with Crippen LogP contribution in [-0.4, -0.2) is 48.2 Å². The van der Waals surface area contributed by atoms with Crippen molar-refractivity contribution in [1.82, 2.24) is 16.0 Å². The number of hydrogen-bond acceptors (Lipinski definition) is 5. The lowest BCUT2D eigenvalue weighted by Crippen LogP contribution is -2.55. The molecule has 10 nitrogen and oxygen atoms in total. The van der Waals surface area contributed by atoms with Crippen LogP contribution < -0.4 is 27.0 Å². The third kappa shape index (κ3) is 11.2. The predicted molar refractivity (Wildman–Crippen MR) is 127 cm³/mol. The van der Waals surface area contributed by atoms with Crippen molar-refractivity contribution in [2.45, 2.75) is 72.1 Å². The molecule has 0 aliphatic rings. The largest absolute Gasteiger partial charge is 0.444 e. The quantitative estimate of drug-likeness (QED) is 0.338. The Balaban J connectivity index is 2.91. The lowest BCUT2D eigenvalue weighted by atomic mass is 10.0. The summed E-state index contributed by atoms with van der Waals surface area (Å²) in [7, 11) is 0.